The highest BCUT2D eigenvalue weighted by atomic mass is 16.2. The third-order valence-electron chi connectivity index (χ3n) is 5.12. The Bertz CT molecular complexity index is 305. The van der Waals surface area contributed by atoms with Crippen molar-refractivity contribution >= 4 is 5.91 Å². The van der Waals surface area contributed by atoms with Gasteiger partial charge in [-0.25, -0.2) is 0 Å². The SMILES string of the molecule is CCCCCCC(=O)N1CCC(N2CCN(C)CC2)CC1. The smallest absolute Gasteiger partial charge is 0.222 e. The maximum absolute atomic E-state index is 12.2. The molecule has 0 radical (unpaired) electrons. The molecule has 2 saturated heterocycles. The van der Waals surface area contributed by atoms with Gasteiger partial charge >= 0.3 is 0 Å². The van der Waals surface area contributed by atoms with Gasteiger partial charge in [0.1, 0.15) is 0 Å². The number of carbonyl (C=O) groups is 1. The van der Waals surface area contributed by atoms with Crippen LogP contribution in [0.5, 0.6) is 0 Å². The van der Waals surface area contributed by atoms with Crippen molar-refractivity contribution < 1.29 is 4.79 Å². The molecule has 2 aliphatic heterocycles. The van der Waals surface area contributed by atoms with Gasteiger partial charge in [0.2, 0.25) is 5.91 Å². The lowest BCUT2D eigenvalue weighted by atomic mass is 10.0. The Hall–Kier alpha value is -0.610. The fourth-order valence-electron chi connectivity index (χ4n) is 3.53. The Morgan fingerprint density at radius 3 is 2.24 bits per heavy atom. The van der Waals surface area contributed by atoms with Crippen LogP contribution < -0.4 is 0 Å². The zero-order chi connectivity index (χ0) is 15.1. The van der Waals surface area contributed by atoms with Crippen LogP contribution in [0.1, 0.15) is 51.9 Å². The Balaban J connectivity index is 1.64. The zero-order valence-electron chi connectivity index (χ0n) is 14.0. The number of rotatable bonds is 6. The summed E-state index contributed by atoms with van der Waals surface area (Å²) >= 11 is 0. The second-order valence-electron chi connectivity index (χ2n) is 6.76. The lowest BCUT2D eigenvalue weighted by molar-refractivity contribution is -0.133. The van der Waals surface area contributed by atoms with E-state index in [9.17, 15) is 4.79 Å². The highest BCUT2D eigenvalue weighted by Gasteiger charge is 2.28. The molecule has 0 aromatic rings. The first-order valence-corrected chi connectivity index (χ1v) is 8.91. The number of carbonyl (C=O) groups excluding carboxylic acids is 1. The number of piperazine rings is 1. The number of amides is 1. The lowest BCUT2D eigenvalue weighted by Gasteiger charge is -2.42. The van der Waals surface area contributed by atoms with Crippen molar-refractivity contribution in [3.8, 4) is 0 Å². The molecule has 21 heavy (non-hydrogen) atoms. The van der Waals surface area contributed by atoms with Crippen LogP contribution in [0.4, 0.5) is 0 Å². The van der Waals surface area contributed by atoms with Gasteiger partial charge < -0.3 is 9.80 Å². The largest absolute Gasteiger partial charge is 0.343 e. The lowest BCUT2D eigenvalue weighted by Crippen LogP contribution is -2.52. The second kappa shape index (κ2) is 8.74. The molecule has 0 spiro atoms. The Morgan fingerprint density at radius 1 is 0.952 bits per heavy atom. The minimum absolute atomic E-state index is 0.392. The van der Waals surface area contributed by atoms with Crippen molar-refractivity contribution in [2.45, 2.75) is 57.9 Å². The van der Waals surface area contributed by atoms with Crippen LogP contribution in [0.15, 0.2) is 0 Å². The van der Waals surface area contributed by atoms with E-state index in [4.69, 9.17) is 0 Å². The molecular weight excluding hydrogens is 262 g/mol. The predicted octanol–water partition coefficient (Wildman–Crippen LogP) is 2.20. The topological polar surface area (TPSA) is 26.8 Å². The van der Waals surface area contributed by atoms with E-state index >= 15 is 0 Å². The van der Waals surface area contributed by atoms with E-state index in [-0.39, 0.29) is 0 Å². The second-order valence-corrected chi connectivity index (χ2v) is 6.76. The maximum Gasteiger partial charge on any atom is 0.222 e. The summed E-state index contributed by atoms with van der Waals surface area (Å²) in [6, 6.07) is 0.711. The Morgan fingerprint density at radius 2 is 1.62 bits per heavy atom. The van der Waals surface area contributed by atoms with E-state index in [0.717, 1.165) is 25.9 Å². The van der Waals surface area contributed by atoms with Gasteiger partial charge in [-0.3, -0.25) is 9.69 Å². The first-order valence-electron chi connectivity index (χ1n) is 8.91. The fraction of sp³-hybridized carbons (Fsp3) is 0.941. The van der Waals surface area contributed by atoms with Gasteiger partial charge in [-0.2, -0.15) is 0 Å². The fourth-order valence-corrected chi connectivity index (χ4v) is 3.53. The van der Waals surface area contributed by atoms with Crippen molar-refractivity contribution in [3.63, 3.8) is 0 Å². The average molecular weight is 295 g/mol. The van der Waals surface area contributed by atoms with Crippen LogP contribution in [0.3, 0.4) is 0 Å². The molecular formula is C17H33N3O. The van der Waals surface area contributed by atoms with E-state index in [2.05, 4.69) is 28.7 Å². The van der Waals surface area contributed by atoms with Crippen LogP contribution in [0, 0.1) is 0 Å². The van der Waals surface area contributed by atoms with Crippen molar-refractivity contribution in [1.29, 1.82) is 0 Å². The molecule has 1 amide bonds. The molecule has 2 rings (SSSR count). The number of hydrogen-bond acceptors (Lipinski definition) is 3. The summed E-state index contributed by atoms with van der Waals surface area (Å²) < 4.78 is 0. The monoisotopic (exact) mass is 295 g/mol. The molecule has 2 fully saturated rings. The quantitative estimate of drug-likeness (QED) is 0.703. The van der Waals surface area contributed by atoms with Gasteiger partial charge in [0.15, 0.2) is 0 Å². The number of likely N-dealkylation sites (tertiary alicyclic amines) is 1. The molecule has 0 unspecified atom stereocenters. The molecule has 122 valence electrons. The molecule has 0 saturated carbocycles. The molecule has 0 aliphatic carbocycles. The highest BCUT2D eigenvalue weighted by Crippen LogP contribution is 2.19. The van der Waals surface area contributed by atoms with Crippen LogP contribution in [-0.2, 0) is 4.79 Å². The average Bonchev–Trinajstić information content (AvgIpc) is 2.52. The zero-order valence-corrected chi connectivity index (χ0v) is 14.0. The minimum atomic E-state index is 0.392. The third-order valence-corrected chi connectivity index (χ3v) is 5.12. The Labute approximate surface area is 130 Å². The summed E-state index contributed by atoms with van der Waals surface area (Å²) in [7, 11) is 2.21. The first-order chi connectivity index (χ1) is 10.2. The van der Waals surface area contributed by atoms with Crippen LogP contribution >= 0.6 is 0 Å². The number of piperidine rings is 1. The highest BCUT2D eigenvalue weighted by molar-refractivity contribution is 5.76. The van der Waals surface area contributed by atoms with Crippen molar-refractivity contribution in [2.24, 2.45) is 0 Å². The van der Waals surface area contributed by atoms with Gasteiger partial charge in [-0.15, -0.1) is 0 Å². The minimum Gasteiger partial charge on any atom is -0.343 e. The van der Waals surface area contributed by atoms with Crippen molar-refractivity contribution in [3.05, 3.63) is 0 Å². The molecule has 4 nitrogen and oxygen atoms in total. The molecule has 4 heteroatoms. The van der Waals surface area contributed by atoms with Gasteiger partial charge in [0.05, 0.1) is 0 Å². The van der Waals surface area contributed by atoms with Crippen molar-refractivity contribution in [2.75, 3.05) is 46.3 Å². The third kappa shape index (κ3) is 5.26. The summed E-state index contributed by atoms with van der Waals surface area (Å²) in [6.07, 6.45) is 7.89. The van der Waals surface area contributed by atoms with Crippen LogP contribution in [0.25, 0.3) is 0 Å². The van der Waals surface area contributed by atoms with Crippen LogP contribution in [-0.4, -0.2) is 73.0 Å². The molecule has 0 N–H and O–H groups in total. The summed E-state index contributed by atoms with van der Waals surface area (Å²) in [5, 5.41) is 0. The standard InChI is InChI=1S/C17H33N3O/c1-3-4-5-6-7-17(21)20-10-8-16(9-11-20)19-14-12-18(2)13-15-19/h16H,3-15H2,1-2H3. The maximum atomic E-state index is 12.2. The number of hydrogen-bond donors (Lipinski definition) is 0. The number of likely N-dealkylation sites (N-methyl/N-ethyl adjacent to an activating group) is 1. The molecule has 0 atom stereocenters. The van der Waals surface area contributed by atoms with E-state index in [0.29, 0.717) is 11.9 Å². The summed E-state index contributed by atoms with van der Waals surface area (Å²) in [6.45, 7) is 8.95. The first kappa shape index (κ1) is 16.8. The summed E-state index contributed by atoms with van der Waals surface area (Å²) in [5.41, 5.74) is 0. The van der Waals surface area contributed by atoms with Gasteiger partial charge in [0.25, 0.3) is 0 Å². The Kier molecular flexibility index (Phi) is 6.97. The van der Waals surface area contributed by atoms with Crippen LogP contribution in [0.2, 0.25) is 0 Å². The van der Waals surface area contributed by atoms with Gasteiger partial charge in [-0.1, -0.05) is 26.2 Å². The van der Waals surface area contributed by atoms with E-state index in [1.807, 2.05) is 0 Å². The predicted molar refractivity (Wildman–Crippen MR) is 87.4 cm³/mol. The van der Waals surface area contributed by atoms with Gasteiger partial charge in [-0.05, 0) is 26.3 Å². The van der Waals surface area contributed by atoms with E-state index in [1.54, 1.807) is 0 Å². The molecule has 2 aliphatic rings. The van der Waals surface area contributed by atoms with Crippen molar-refractivity contribution in [1.82, 2.24) is 14.7 Å². The van der Waals surface area contributed by atoms with Gasteiger partial charge in [0, 0.05) is 51.7 Å². The van der Waals surface area contributed by atoms with E-state index < -0.39 is 0 Å². The molecule has 0 aromatic heterocycles. The molecule has 2 heterocycles. The van der Waals surface area contributed by atoms with E-state index in [1.165, 1.54) is 58.3 Å². The number of nitrogens with zero attached hydrogens (tertiary/aromatic N) is 3. The summed E-state index contributed by atoms with van der Waals surface area (Å²) in [5.74, 6) is 0.392. The summed E-state index contributed by atoms with van der Waals surface area (Å²) in [4.78, 5) is 19.4. The molecule has 0 bridgehead atoms. The normalized spacial score (nSPS) is 22.7. The number of unbranched alkanes of at least 4 members (excludes halogenated alkanes) is 3. The molecule has 0 aromatic carbocycles.